The molecule has 0 saturated carbocycles. The Labute approximate surface area is 106 Å². The molecule has 0 aromatic heterocycles. The number of allylic oxidation sites excluding steroid dienone is 2. The van der Waals surface area contributed by atoms with Crippen molar-refractivity contribution in [2.75, 3.05) is 5.32 Å². The summed E-state index contributed by atoms with van der Waals surface area (Å²) in [6, 6.07) is 4.65. The van der Waals surface area contributed by atoms with Gasteiger partial charge in [0, 0.05) is 10.9 Å². The second-order valence-electron chi connectivity index (χ2n) is 3.63. The first-order valence-corrected chi connectivity index (χ1v) is 5.80. The maximum absolute atomic E-state index is 13.7. The van der Waals surface area contributed by atoms with Crippen molar-refractivity contribution in [1.29, 1.82) is 5.26 Å². The number of halogens is 2. The Morgan fingerprint density at radius 1 is 1.47 bits per heavy atom. The van der Waals surface area contributed by atoms with E-state index in [1.807, 2.05) is 6.07 Å². The SMILES string of the molecule is N#Cc1cc(Br)cc(F)c1NC1=CCCC1=O. The molecule has 0 radical (unpaired) electrons. The van der Waals surface area contributed by atoms with Gasteiger partial charge in [-0.3, -0.25) is 4.79 Å². The highest BCUT2D eigenvalue weighted by atomic mass is 79.9. The van der Waals surface area contributed by atoms with Crippen LogP contribution in [0.3, 0.4) is 0 Å². The van der Waals surface area contributed by atoms with E-state index >= 15 is 0 Å². The van der Waals surface area contributed by atoms with Crippen molar-refractivity contribution in [3.8, 4) is 6.07 Å². The van der Waals surface area contributed by atoms with Crippen molar-refractivity contribution in [2.45, 2.75) is 12.8 Å². The molecular formula is C12H8BrFN2O. The number of ketones is 1. The number of carbonyl (C=O) groups excluding carboxylic acids is 1. The van der Waals surface area contributed by atoms with Gasteiger partial charge in [0.2, 0.25) is 0 Å². The molecule has 0 amide bonds. The van der Waals surface area contributed by atoms with Gasteiger partial charge in [0.25, 0.3) is 0 Å². The number of nitrogens with zero attached hydrogens (tertiary/aromatic N) is 1. The van der Waals surface area contributed by atoms with Gasteiger partial charge in [-0.2, -0.15) is 5.26 Å². The summed E-state index contributed by atoms with van der Waals surface area (Å²) in [5, 5.41) is 11.6. The van der Waals surface area contributed by atoms with Gasteiger partial charge in [0.15, 0.2) is 5.78 Å². The fraction of sp³-hybridized carbons (Fsp3) is 0.167. The highest BCUT2D eigenvalue weighted by Gasteiger charge is 2.18. The first-order chi connectivity index (χ1) is 8.11. The Balaban J connectivity index is 2.39. The van der Waals surface area contributed by atoms with Crippen LogP contribution in [0.1, 0.15) is 18.4 Å². The molecule has 2 rings (SSSR count). The Morgan fingerprint density at radius 2 is 2.24 bits per heavy atom. The summed E-state index contributed by atoms with van der Waals surface area (Å²) in [7, 11) is 0. The van der Waals surface area contributed by atoms with Crippen molar-refractivity contribution >= 4 is 27.4 Å². The molecule has 17 heavy (non-hydrogen) atoms. The monoisotopic (exact) mass is 294 g/mol. The number of hydrogen-bond donors (Lipinski definition) is 1. The first-order valence-electron chi connectivity index (χ1n) is 5.01. The zero-order chi connectivity index (χ0) is 12.4. The van der Waals surface area contributed by atoms with E-state index in [-0.39, 0.29) is 17.0 Å². The molecule has 0 saturated heterocycles. The van der Waals surface area contributed by atoms with Crippen LogP contribution in [0.2, 0.25) is 0 Å². The topological polar surface area (TPSA) is 52.9 Å². The molecule has 1 aromatic carbocycles. The fourth-order valence-electron chi connectivity index (χ4n) is 1.64. The second kappa shape index (κ2) is 4.68. The van der Waals surface area contributed by atoms with Crippen LogP contribution in [-0.2, 0) is 4.79 Å². The minimum Gasteiger partial charge on any atom is -0.349 e. The first kappa shape index (κ1) is 11.8. The predicted molar refractivity (Wildman–Crippen MR) is 64.8 cm³/mol. The third-order valence-corrected chi connectivity index (χ3v) is 2.91. The van der Waals surface area contributed by atoms with Gasteiger partial charge < -0.3 is 5.32 Å². The predicted octanol–water partition coefficient (Wildman–Crippen LogP) is 3.12. The second-order valence-corrected chi connectivity index (χ2v) is 4.54. The summed E-state index contributed by atoms with van der Waals surface area (Å²) >= 11 is 3.11. The maximum Gasteiger partial charge on any atom is 0.178 e. The number of benzene rings is 1. The number of anilines is 1. The molecule has 0 fully saturated rings. The van der Waals surface area contributed by atoms with Crippen LogP contribution in [0.25, 0.3) is 0 Å². The lowest BCUT2D eigenvalue weighted by molar-refractivity contribution is -0.114. The molecule has 0 unspecified atom stereocenters. The van der Waals surface area contributed by atoms with Crippen molar-refractivity contribution in [2.24, 2.45) is 0 Å². The molecule has 86 valence electrons. The largest absolute Gasteiger partial charge is 0.349 e. The molecule has 0 aliphatic heterocycles. The average Bonchev–Trinajstić information content (AvgIpc) is 2.68. The van der Waals surface area contributed by atoms with Crippen LogP contribution < -0.4 is 5.32 Å². The molecule has 0 bridgehead atoms. The molecule has 1 aliphatic carbocycles. The summed E-state index contributed by atoms with van der Waals surface area (Å²) in [5.41, 5.74) is 0.581. The van der Waals surface area contributed by atoms with Crippen molar-refractivity contribution in [1.82, 2.24) is 0 Å². The summed E-state index contributed by atoms with van der Waals surface area (Å²) in [4.78, 5) is 11.4. The Hall–Kier alpha value is -1.67. The van der Waals surface area contributed by atoms with Crippen molar-refractivity contribution < 1.29 is 9.18 Å². The molecule has 0 heterocycles. The number of rotatable bonds is 2. The van der Waals surface area contributed by atoms with Crippen molar-refractivity contribution in [3.63, 3.8) is 0 Å². The minimum atomic E-state index is -0.559. The van der Waals surface area contributed by atoms with E-state index in [1.165, 1.54) is 12.1 Å². The van der Waals surface area contributed by atoms with E-state index in [4.69, 9.17) is 5.26 Å². The van der Waals surface area contributed by atoms with E-state index in [1.54, 1.807) is 6.08 Å². The highest BCUT2D eigenvalue weighted by Crippen LogP contribution is 2.27. The highest BCUT2D eigenvalue weighted by molar-refractivity contribution is 9.10. The lowest BCUT2D eigenvalue weighted by Crippen LogP contribution is -2.09. The molecule has 5 heteroatoms. The molecule has 1 aromatic rings. The summed E-state index contributed by atoms with van der Waals surface area (Å²) in [5.74, 6) is -0.618. The standard InChI is InChI=1S/C12H8BrFN2O/c13-8-4-7(6-15)12(9(14)5-8)16-10-2-1-3-11(10)17/h2,4-5,16H,1,3H2. The van der Waals surface area contributed by atoms with Crippen LogP contribution in [0, 0.1) is 17.1 Å². The van der Waals surface area contributed by atoms with Gasteiger partial charge in [-0.25, -0.2) is 4.39 Å². The summed E-state index contributed by atoms with van der Waals surface area (Å²) in [6.07, 6.45) is 2.80. The minimum absolute atomic E-state index is 0.0530. The smallest absolute Gasteiger partial charge is 0.178 e. The van der Waals surface area contributed by atoms with Crippen molar-refractivity contribution in [3.05, 3.63) is 39.8 Å². The van der Waals surface area contributed by atoms with Gasteiger partial charge in [-0.05, 0) is 18.6 Å². The zero-order valence-electron chi connectivity index (χ0n) is 8.76. The van der Waals surface area contributed by atoms with E-state index in [0.29, 0.717) is 23.0 Å². The molecular weight excluding hydrogens is 287 g/mol. The zero-order valence-corrected chi connectivity index (χ0v) is 10.3. The lowest BCUT2D eigenvalue weighted by Gasteiger charge is -2.09. The summed E-state index contributed by atoms with van der Waals surface area (Å²) < 4.78 is 14.2. The number of hydrogen-bond acceptors (Lipinski definition) is 3. The molecule has 3 nitrogen and oxygen atoms in total. The van der Waals surface area contributed by atoms with Crippen LogP contribution in [-0.4, -0.2) is 5.78 Å². The number of Topliss-reactive ketones (excluding diaryl/α,β-unsaturated/α-hetero) is 1. The molecule has 1 N–H and O–H groups in total. The Kier molecular flexibility index (Phi) is 3.25. The Bertz CT molecular complexity index is 560. The van der Waals surface area contributed by atoms with E-state index in [9.17, 15) is 9.18 Å². The van der Waals surface area contributed by atoms with Gasteiger partial charge in [0.1, 0.15) is 11.9 Å². The maximum atomic E-state index is 13.7. The van der Waals surface area contributed by atoms with Gasteiger partial charge in [-0.15, -0.1) is 0 Å². The van der Waals surface area contributed by atoms with Gasteiger partial charge in [-0.1, -0.05) is 22.0 Å². The van der Waals surface area contributed by atoms with Crippen LogP contribution >= 0.6 is 15.9 Å². The quantitative estimate of drug-likeness (QED) is 0.912. The number of nitrogens with one attached hydrogen (secondary N) is 1. The lowest BCUT2D eigenvalue weighted by atomic mass is 10.1. The molecule has 1 aliphatic rings. The van der Waals surface area contributed by atoms with Crippen LogP contribution in [0.5, 0.6) is 0 Å². The average molecular weight is 295 g/mol. The fourth-order valence-corrected chi connectivity index (χ4v) is 2.07. The van der Waals surface area contributed by atoms with E-state index in [2.05, 4.69) is 21.2 Å². The van der Waals surface area contributed by atoms with Crippen LogP contribution in [0.15, 0.2) is 28.4 Å². The normalized spacial score (nSPS) is 14.4. The third-order valence-electron chi connectivity index (χ3n) is 2.46. The summed E-state index contributed by atoms with van der Waals surface area (Å²) in [6.45, 7) is 0. The third kappa shape index (κ3) is 2.37. The van der Waals surface area contributed by atoms with Gasteiger partial charge >= 0.3 is 0 Å². The number of carbonyl (C=O) groups is 1. The number of nitriles is 1. The molecule has 0 atom stereocenters. The van der Waals surface area contributed by atoms with E-state index in [0.717, 1.165) is 0 Å². The van der Waals surface area contributed by atoms with Crippen LogP contribution in [0.4, 0.5) is 10.1 Å². The molecule has 0 spiro atoms. The Morgan fingerprint density at radius 3 is 2.82 bits per heavy atom. The van der Waals surface area contributed by atoms with E-state index < -0.39 is 5.82 Å². The van der Waals surface area contributed by atoms with Gasteiger partial charge in [0.05, 0.1) is 16.9 Å².